The van der Waals surface area contributed by atoms with Crippen molar-refractivity contribution in [3.63, 3.8) is 0 Å². The fraction of sp³-hybridized carbons (Fsp3) is 0.367. The van der Waals surface area contributed by atoms with Crippen molar-refractivity contribution in [1.82, 2.24) is 20.2 Å². The van der Waals surface area contributed by atoms with E-state index in [0.29, 0.717) is 40.0 Å². The largest absolute Gasteiger partial charge is 0.371 e. The van der Waals surface area contributed by atoms with Gasteiger partial charge >= 0.3 is 0 Å². The molecular formula is C30H36ClN7O. The van der Waals surface area contributed by atoms with Gasteiger partial charge in [0.25, 0.3) is 5.91 Å². The highest BCUT2D eigenvalue weighted by Gasteiger charge is 2.36. The third kappa shape index (κ3) is 6.52. The summed E-state index contributed by atoms with van der Waals surface area (Å²) < 4.78 is 0. The third-order valence-electron chi connectivity index (χ3n) is 7.93. The van der Waals surface area contributed by atoms with Crippen molar-refractivity contribution in [2.75, 3.05) is 55.3 Å². The molecule has 204 valence electrons. The molecule has 2 aromatic carbocycles. The summed E-state index contributed by atoms with van der Waals surface area (Å²) in [6.07, 6.45) is 8.31. The number of hydrogen-bond donors (Lipinski definition) is 3. The minimum Gasteiger partial charge on any atom is -0.371 e. The molecule has 8 nitrogen and oxygen atoms in total. The summed E-state index contributed by atoms with van der Waals surface area (Å²) in [5.74, 6) is 0.429. The van der Waals surface area contributed by atoms with E-state index in [4.69, 9.17) is 11.6 Å². The molecule has 0 saturated carbocycles. The van der Waals surface area contributed by atoms with Crippen LogP contribution in [0.2, 0.25) is 5.02 Å². The highest BCUT2D eigenvalue weighted by molar-refractivity contribution is 6.33. The molecule has 0 unspecified atom stereocenters. The Morgan fingerprint density at radius 2 is 1.72 bits per heavy atom. The Bertz CT molecular complexity index is 1290. The van der Waals surface area contributed by atoms with Crippen molar-refractivity contribution in [3.05, 3.63) is 78.0 Å². The topological polar surface area (TPSA) is 85.4 Å². The van der Waals surface area contributed by atoms with E-state index in [1.807, 2.05) is 30.3 Å². The molecule has 3 aromatic rings. The Morgan fingerprint density at radius 1 is 1.03 bits per heavy atom. The van der Waals surface area contributed by atoms with Gasteiger partial charge in [-0.2, -0.15) is 4.98 Å². The van der Waals surface area contributed by atoms with Gasteiger partial charge < -0.3 is 25.8 Å². The van der Waals surface area contributed by atoms with Gasteiger partial charge in [0.1, 0.15) is 11.4 Å². The molecule has 0 aliphatic carbocycles. The first kappa shape index (κ1) is 27.0. The molecule has 1 spiro atoms. The van der Waals surface area contributed by atoms with Crippen LogP contribution in [0.15, 0.2) is 67.4 Å². The van der Waals surface area contributed by atoms with Crippen molar-refractivity contribution in [2.45, 2.75) is 25.7 Å². The van der Waals surface area contributed by atoms with Crippen molar-refractivity contribution in [1.29, 1.82) is 0 Å². The van der Waals surface area contributed by atoms with Crippen LogP contribution in [-0.2, 0) is 0 Å². The highest BCUT2D eigenvalue weighted by Crippen LogP contribution is 2.42. The minimum atomic E-state index is -0.302. The Hall–Kier alpha value is -3.62. The number of carbonyl (C=O) groups excluding carboxylic acids is 1. The Morgan fingerprint density at radius 3 is 2.41 bits per heavy atom. The van der Waals surface area contributed by atoms with Crippen LogP contribution in [0.1, 0.15) is 36.0 Å². The molecule has 2 fully saturated rings. The van der Waals surface area contributed by atoms with Crippen LogP contribution < -0.4 is 20.9 Å². The number of para-hydroxylation sites is 1. The van der Waals surface area contributed by atoms with Crippen LogP contribution in [0.25, 0.3) is 0 Å². The lowest BCUT2D eigenvalue weighted by Crippen LogP contribution is -2.46. The first-order chi connectivity index (χ1) is 18.9. The van der Waals surface area contributed by atoms with Crippen molar-refractivity contribution >= 4 is 46.3 Å². The van der Waals surface area contributed by atoms with Gasteiger partial charge in [-0.25, -0.2) is 4.98 Å². The van der Waals surface area contributed by atoms with Crippen molar-refractivity contribution in [2.24, 2.45) is 5.41 Å². The van der Waals surface area contributed by atoms with Gasteiger partial charge in [0.2, 0.25) is 5.95 Å². The lowest BCUT2D eigenvalue weighted by Gasteiger charge is -2.46. The number of piperidine rings is 2. The second-order valence-electron chi connectivity index (χ2n) is 10.5. The number of benzene rings is 2. The zero-order chi connectivity index (χ0) is 27.2. The number of aromatic nitrogens is 2. The zero-order valence-corrected chi connectivity index (χ0v) is 23.2. The van der Waals surface area contributed by atoms with Crippen molar-refractivity contribution < 1.29 is 4.79 Å². The molecular weight excluding hydrogens is 510 g/mol. The SMILES string of the molecule is C=CCNC(=O)c1cnc(Nc2ccc(N3CCC4(CCN(C)CC4)CC3)cc2)nc1Nc1ccccc1Cl. The molecule has 2 saturated heterocycles. The lowest BCUT2D eigenvalue weighted by atomic mass is 9.71. The van der Waals surface area contributed by atoms with Gasteiger partial charge in [0, 0.05) is 37.2 Å². The molecule has 0 radical (unpaired) electrons. The smallest absolute Gasteiger partial charge is 0.256 e. The van der Waals surface area contributed by atoms with Gasteiger partial charge in [-0.15, -0.1) is 6.58 Å². The summed E-state index contributed by atoms with van der Waals surface area (Å²) in [5.41, 5.74) is 3.60. The quantitative estimate of drug-likeness (QED) is 0.306. The van der Waals surface area contributed by atoms with E-state index in [1.165, 1.54) is 50.7 Å². The zero-order valence-electron chi connectivity index (χ0n) is 22.4. The molecule has 1 aromatic heterocycles. The highest BCUT2D eigenvalue weighted by atomic mass is 35.5. The second-order valence-corrected chi connectivity index (χ2v) is 10.9. The summed E-state index contributed by atoms with van der Waals surface area (Å²) in [6, 6.07) is 15.7. The maximum atomic E-state index is 12.7. The number of carbonyl (C=O) groups is 1. The number of likely N-dealkylation sites (tertiary alicyclic amines) is 1. The predicted octanol–water partition coefficient (Wildman–Crippen LogP) is 5.85. The summed E-state index contributed by atoms with van der Waals surface area (Å²) in [7, 11) is 2.23. The fourth-order valence-electron chi connectivity index (χ4n) is 5.37. The van der Waals surface area contributed by atoms with Gasteiger partial charge in [0.05, 0.1) is 10.7 Å². The van der Waals surface area contributed by atoms with E-state index in [9.17, 15) is 4.79 Å². The van der Waals surface area contributed by atoms with Crippen molar-refractivity contribution in [3.8, 4) is 0 Å². The number of halogens is 1. The van der Waals surface area contributed by atoms with Crippen LogP contribution in [0.4, 0.5) is 28.8 Å². The van der Waals surface area contributed by atoms with E-state index < -0.39 is 0 Å². The van der Waals surface area contributed by atoms with Crippen LogP contribution >= 0.6 is 11.6 Å². The van der Waals surface area contributed by atoms with Crippen LogP contribution in [0, 0.1) is 5.41 Å². The molecule has 3 N–H and O–H groups in total. The molecule has 2 aliphatic heterocycles. The van der Waals surface area contributed by atoms with E-state index >= 15 is 0 Å². The first-order valence-electron chi connectivity index (χ1n) is 13.5. The van der Waals surface area contributed by atoms with Gasteiger partial charge in [-0.1, -0.05) is 29.8 Å². The molecule has 5 rings (SSSR count). The normalized spacial score (nSPS) is 17.0. The molecule has 9 heteroatoms. The summed E-state index contributed by atoms with van der Waals surface area (Å²) >= 11 is 6.35. The maximum absolute atomic E-state index is 12.7. The Kier molecular flexibility index (Phi) is 8.33. The van der Waals surface area contributed by atoms with Crippen LogP contribution in [0.3, 0.4) is 0 Å². The number of hydrogen-bond acceptors (Lipinski definition) is 7. The van der Waals surface area contributed by atoms with Crippen LogP contribution in [0.5, 0.6) is 0 Å². The number of amides is 1. The van der Waals surface area contributed by atoms with E-state index in [-0.39, 0.29) is 5.91 Å². The van der Waals surface area contributed by atoms with Gasteiger partial charge in [-0.05, 0) is 87.6 Å². The molecule has 1 amide bonds. The minimum absolute atomic E-state index is 0.302. The van der Waals surface area contributed by atoms with E-state index in [1.54, 1.807) is 12.1 Å². The van der Waals surface area contributed by atoms with E-state index in [0.717, 1.165) is 18.8 Å². The molecule has 0 bridgehead atoms. The summed E-state index contributed by atoms with van der Waals surface area (Å²) in [6.45, 7) is 8.64. The standard InChI is InChI=1S/C30H36ClN7O/c1-3-16-32-28(39)24-21-33-29(36-27(24)35-26-7-5-4-6-25(26)31)34-22-8-10-23(11-9-22)38-19-14-30(15-20-38)12-17-37(2)18-13-30/h3-11,21H,1,12-20H2,2H3,(H,32,39)(H2,33,34,35,36). The van der Waals surface area contributed by atoms with E-state index in [2.05, 4.69) is 61.5 Å². The monoisotopic (exact) mass is 545 g/mol. The average Bonchev–Trinajstić information content (AvgIpc) is 2.96. The number of rotatable bonds is 8. The first-order valence-corrected chi connectivity index (χ1v) is 13.9. The maximum Gasteiger partial charge on any atom is 0.256 e. The summed E-state index contributed by atoms with van der Waals surface area (Å²) in [5, 5.41) is 9.76. The number of nitrogens with one attached hydrogen (secondary N) is 3. The second kappa shape index (κ2) is 12.1. The Balaban J connectivity index is 1.27. The Labute approximate surface area is 235 Å². The number of nitrogens with zero attached hydrogens (tertiary/aromatic N) is 4. The molecule has 2 aliphatic rings. The molecule has 39 heavy (non-hydrogen) atoms. The lowest BCUT2D eigenvalue weighted by molar-refractivity contribution is 0.0944. The fourth-order valence-corrected chi connectivity index (χ4v) is 5.55. The predicted molar refractivity (Wildman–Crippen MR) is 160 cm³/mol. The summed E-state index contributed by atoms with van der Waals surface area (Å²) in [4.78, 5) is 26.7. The number of anilines is 5. The molecule has 0 atom stereocenters. The van der Waals surface area contributed by atoms with Crippen LogP contribution in [-0.4, -0.2) is 60.5 Å². The average molecular weight is 546 g/mol. The van der Waals surface area contributed by atoms with Gasteiger partial charge in [0.15, 0.2) is 0 Å². The molecule has 3 heterocycles. The van der Waals surface area contributed by atoms with Gasteiger partial charge in [-0.3, -0.25) is 4.79 Å². The third-order valence-corrected chi connectivity index (χ3v) is 8.26.